The van der Waals surface area contributed by atoms with Crippen molar-refractivity contribution in [3.05, 3.63) is 39.9 Å². The monoisotopic (exact) mass is 299 g/mol. The molecule has 0 spiro atoms. The molecule has 1 aliphatic rings. The number of likely N-dealkylation sites (tertiary alicyclic amines) is 1. The summed E-state index contributed by atoms with van der Waals surface area (Å²) in [5, 5.41) is 10.8. The van der Waals surface area contributed by atoms with E-state index >= 15 is 0 Å². The Kier molecular flexibility index (Phi) is 6.39. The lowest BCUT2D eigenvalue weighted by molar-refractivity contribution is -0.385. The van der Waals surface area contributed by atoms with Gasteiger partial charge in [-0.2, -0.15) is 0 Å². The van der Waals surface area contributed by atoms with Crippen LogP contribution in [0.2, 0.25) is 0 Å². The number of rotatable bonds is 4. The molecular weight excluding hydrogens is 278 g/mol. The lowest BCUT2D eigenvalue weighted by atomic mass is 9.95. The first-order chi connectivity index (χ1) is 9.11. The van der Waals surface area contributed by atoms with Gasteiger partial charge in [0.1, 0.15) is 0 Å². The highest BCUT2D eigenvalue weighted by Crippen LogP contribution is 2.28. The third-order valence-electron chi connectivity index (χ3n) is 3.99. The highest BCUT2D eigenvalue weighted by molar-refractivity contribution is 5.85. The van der Waals surface area contributed by atoms with Crippen LogP contribution in [0.4, 0.5) is 5.69 Å². The standard InChI is InChI=1S/C14H21N3O2.ClH/c1-11(16-7-3-4-12(9-15)10-16)13-5-2-6-14(8-13)17(18)19;/h2,5-6,8,11-12H,3-4,7,9-10,15H2,1H3;1H. The summed E-state index contributed by atoms with van der Waals surface area (Å²) in [5.74, 6) is 0.551. The van der Waals surface area contributed by atoms with Crippen LogP contribution < -0.4 is 5.73 Å². The maximum Gasteiger partial charge on any atom is 0.269 e. The Bertz CT molecular complexity index is 456. The Hall–Kier alpha value is -1.17. The van der Waals surface area contributed by atoms with Crippen molar-refractivity contribution in [1.82, 2.24) is 4.90 Å². The van der Waals surface area contributed by atoms with Crippen LogP contribution in [-0.2, 0) is 0 Å². The summed E-state index contributed by atoms with van der Waals surface area (Å²) >= 11 is 0. The number of hydrogen-bond donors (Lipinski definition) is 1. The van der Waals surface area contributed by atoms with E-state index in [4.69, 9.17) is 5.73 Å². The van der Waals surface area contributed by atoms with E-state index in [-0.39, 0.29) is 29.1 Å². The highest BCUT2D eigenvalue weighted by Gasteiger charge is 2.24. The van der Waals surface area contributed by atoms with Crippen molar-refractivity contribution in [1.29, 1.82) is 0 Å². The van der Waals surface area contributed by atoms with E-state index in [9.17, 15) is 10.1 Å². The van der Waals surface area contributed by atoms with Crippen LogP contribution in [0.15, 0.2) is 24.3 Å². The Morgan fingerprint density at radius 1 is 1.55 bits per heavy atom. The number of benzene rings is 1. The molecule has 0 saturated carbocycles. The van der Waals surface area contributed by atoms with Crippen molar-refractivity contribution in [2.45, 2.75) is 25.8 Å². The SMILES string of the molecule is CC(c1cccc([N+](=O)[O-])c1)N1CCCC(CN)C1.Cl. The first-order valence-electron chi connectivity index (χ1n) is 6.80. The van der Waals surface area contributed by atoms with Crippen molar-refractivity contribution in [3.8, 4) is 0 Å². The molecule has 6 heteroatoms. The van der Waals surface area contributed by atoms with E-state index in [1.54, 1.807) is 12.1 Å². The molecule has 0 radical (unpaired) electrons. The van der Waals surface area contributed by atoms with Crippen molar-refractivity contribution in [3.63, 3.8) is 0 Å². The number of non-ortho nitro benzene ring substituents is 1. The van der Waals surface area contributed by atoms with E-state index < -0.39 is 0 Å². The number of nitrogens with zero attached hydrogens (tertiary/aromatic N) is 2. The Labute approximate surface area is 125 Å². The zero-order valence-corrected chi connectivity index (χ0v) is 12.5. The van der Waals surface area contributed by atoms with Gasteiger partial charge in [-0.05, 0) is 44.3 Å². The molecule has 2 N–H and O–H groups in total. The van der Waals surface area contributed by atoms with Crippen LogP contribution in [0.1, 0.15) is 31.4 Å². The molecule has 1 heterocycles. The molecule has 0 aromatic heterocycles. The highest BCUT2D eigenvalue weighted by atomic mass is 35.5. The summed E-state index contributed by atoms with van der Waals surface area (Å²) in [4.78, 5) is 12.9. The fourth-order valence-electron chi connectivity index (χ4n) is 2.75. The third kappa shape index (κ3) is 3.91. The Balaban J connectivity index is 0.00000200. The van der Waals surface area contributed by atoms with Crippen LogP contribution in [0.3, 0.4) is 0 Å². The molecular formula is C14H22ClN3O2. The third-order valence-corrected chi connectivity index (χ3v) is 3.99. The molecule has 2 unspecified atom stereocenters. The number of halogens is 1. The number of nitro benzene ring substituents is 1. The van der Waals surface area contributed by atoms with E-state index in [1.807, 2.05) is 6.07 Å². The minimum absolute atomic E-state index is 0. The molecule has 5 nitrogen and oxygen atoms in total. The maximum atomic E-state index is 10.8. The largest absolute Gasteiger partial charge is 0.330 e. The van der Waals surface area contributed by atoms with Gasteiger partial charge in [-0.3, -0.25) is 15.0 Å². The van der Waals surface area contributed by atoms with Gasteiger partial charge in [-0.1, -0.05) is 12.1 Å². The van der Waals surface area contributed by atoms with Gasteiger partial charge in [-0.25, -0.2) is 0 Å². The lowest BCUT2D eigenvalue weighted by Gasteiger charge is -2.36. The Morgan fingerprint density at radius 3 is 2.95 bits per heavy atom. The van der Waals surface area contributed by atoms with Crippen molar-refractivity contribution < 1.29 is 4.92 Å². The zero-order valence-electron chi connectivity index (χ0n) is 11.7. The number of nitrogens with two attached hydrogens (primary N) is 1. The van der Waals surface area contributed by atoms with Crippen LogP contribution in [-0.4, -0.2) is 29.5 Å². The molecule has 0 aliphatic carbocycles. The first kappa shape index (κ1) is 16.9. The van der Waals surface area contributed by atoms with Crippen molar-refractivity contribution in [2.75, 3.05) is 19.6 Å². The van der Waals surface area contributed by atoms with Crippen LogP contribution in [0.5, 0.6) is 0 Å². The minimum Gasteiger partial charge on any atom is -0.330 e. The summed E-state index contributed by atoms with van der Waals surface area (Å²) in [7, 11) is 0. The quantitative estimate of drug-likeness (QED) is 0.685. The van der Waals surface area contributed by atoms with E-state index in [2.05, 4.69) is 11.8 Å². The summed E-state index contributed by atoms with van der Waals surface area (Å²) in [5.41, 5.74) is 6.92. The summed E-state index contributed by atoms with van der Waals surface area (Å²) in [6.45, 7) is 4.86. The van der Waals surface area contributed by atoms with Crippen LogP contribution in [0, 0.1) is 16.0 Å². The average Bonchev–Trinajstić information content (AvgIpc) is 2.46. The summed E-state index contributed by atoms with van der Waals surface area (Å²) < 4.78 is 0. The molecule has 1 aromatic rings. The van der Waals surface area contributed by atoms with Crippen LogP contribution in [0.25, 0.3) is 0 Å². The molecule has 1 aliphatic heterocycles. The predicted octanol–water partition coefficient (Wildman–Crippen LogP) is 2.75. The molecule has 0 bridgehead atoms. The Morgan fingerprint density at radius 2 is 2.30 bits per heavy atom. The smallest absolute Gasteiger partial charge is 0.269 e. The van der Waals surface area contributed by atoms with Gasteiger partial charge in [0.2, 0.25) is 0 Å². The van der Waals surface area contributed by atoms with E-state index in [0.29, 0.717) is 5.92 Å². The van der Waals surface area contributed by atoms with Crippen molar-refractivity contribution in [2.24, 2.45) is 11.7 Å². The van der Waals surface area contributed by atoms with Crippen molar-refractivity contribution >= 4 is 18.1 Å². The molecule has 1 saturated heterocycles. The van der Waals surface area contributed by atoms with Gasteiger partial charge >= 0.3 is 0 Å². The molecule has 0 amide bonds. The summed E-state index contributed by atoms with van der Waals surface area (Å²) in [6.07, 6.45) is 2.34. The fraction of sp³-hybridized carbons (Fsp3) is 0.571. The van der Waals surface area contributed by atoms with E-state index in [0.717, 1.165) is 31.6 Å². The first-order valence-corrected chi connectivity index (χ1v) is 6.80. The maximum absolute atomic E-state index is 10.8. The topological polar surface area (TPSA) is 72.4 Å². The molecule has 20 heavy (non-hydrogen) atoms. The van der Waals surface area contributed by atoms with Gasteiger partial charge in [0.15, 0.2) is 0 Å². The van der Waals surface area contributed by atoms with Gasteiger partial charge in [0.25, 0.3) is 5.69 Å². The second-order valence-corrected chi connectivity index (χ2v) is 5.27. The average molecular weight is 300 g/mol. The summed E-state index contributed by atoms with van der Waals surface area (Å²) in [6, 6.07) is 7.14. The normalized spacial score (nSPS) is 21.0. The second-order valence-electron chi connectivity index (χ2n) is 5.27. The number of piperidine rings is 1. The predicted molar refractivity (Wildman–Crippen MR) is 82.1 cm³/mol. The molecule has 2 atom stereocenters. The van der Waals surface area contributed by atoms with Gasteiger partial charge < -0.3 is 5.73 Å². The molecule has 112 valence electrons. The van der Waals surface area contributed by atoms with Crippen LogP contribution >= 0.6 is 12.4 Å². The van der Waals surface area contributed by atoms with Gasteiger partial charge in [0, 0.05) is 24.7 Å². The molecule has 2 rings (SSSR count). The zero-order chi connectivity index (χ0) is 13.8. The molecule has 1 fully saturated rings. The number of nitro groups is 1. The second kappa shape index (κ2) is 7.57. The lowest BCUT2D eigenvalue weighted by Crippen LogP contribution is -2.39. The molecule has 1 aromatic carbocycles. The van der Waals surface area contributed by atoms with Gasteiger partial charge in [0.05, 0.1) is 4.92 Å². The van der Waals surface area contributed by atoms with Gasteiger partial charge in [-0.15, -0.1) is 12.4 Å². The van der Waals surface area contributed by atoms with E-state index in [1.165, 1.54) is 12.5 Å². The fourth-order valence-corrected chi connectivity index (χ4v) is 2.75. The minimum atomic E-state index is -0.338. The number of hydrogen-bond acceptors (Lipinski definition) is 4.